The molecule has 7 nitrogen and oxygen atoms in total. The largest absolute Gasteiger partial charge is 0.478 e. The summed E-state index contributed by atoms with van der Waals surface area (Å²) in [5, 5.41) is 8.51. The van der Waals surface area contributed by atoms with Gasteiger partial charge < -0.3 is 24.1 Å². The summed E-state index contributed by atoms with van der Waals surface area (Å²) in [4.78, 5) is 22.8. The maximum absolute atomic E-state index is 12.4. The van der Waals surface area contributed by atoms with Crippen molar-refractivity contribution in [3.8, 4) is 0 Å². The van der Waals surface area contributed by atoms with E-state index in [1.165, 1.54) is 17.7 Å². The molecule has 7 heteroatoms. The van der Waals surface area contributed by atoms with E-state index in [0.29, 0.717) is 13.0 Å². The highest BCUT2D eigenvalue weighted by atomic mass is 16.6. The number of aliphatic carboxylic acids is 1. The summed E-state index contributed by atoms with van der Waals surface area (Å²) in [6, 6.07) is 0. The third-order valence-corrected chi connectivity index (χ3v) is 6.53. The zero-order valence-corrected chi connectivity index (χ0v) is 19.7. The van der Waals surface area contributed by atoms with Gasteiger partial charge in [-0.3, -0.25) is 0 Å². The van der Waals surface area contributed by atoms with E-state index in [1.54, 1.807) is 37.5 Å². The van der Waals surface area contributed by atoms with Crippen molar-refractivity contribution in [3.63, 3.8) is 0 Å². The van der Waals surface area contributed by atoms with Crippen LogP contribution in [0.1, 0.15) is 40.0 Å². The fourth-order valence-corrected chi connectivity index (χ4v) is 4.79. The molecule has 0 aromatic carbocycles. The van der Waals surface area contributed by atoms with Crippen molar-refractivity contribution in [3.05, 3.63) is 60.3 Å². The molecule has 6 atom stereocenters. The van der Waals surface area contributed by atoms with Gasteiger partial charge in [-0.1, -0.05) is 48.1 Å². The van der Waals surface area contributed by atoms with Gasteiger partial charge in [0.2, 0.25) is 0 Å². The van der Waals surface area contributed by atoms with E-state index in [1.807, 2.05) is 0 Å². The Morgan fingerprint density at radius 2 is 1.73 bits per heavy atom. The van der Waals surface area contributed by atoms with Crippen LogP contribution in [0.4, 0.5) is 0 Å². The number of epoxide rings is 2. The summed E-state index contributed by atoms with van der Waals surface area (Å²) >= 11 is 0. The molecule has 2 aliphatic heterocycles. The summed E-state index contributed by atoms with van der Waals surface area (Å²) in [5.41, 5.74) is 0.642. The molecule has 180 valence electrons. The van der Waals surface area contributed by atoms with E-state index < -0.39 is 11.9 Å². The highest BCUT2D eigenvalue weighted by molar-refractivity contribution is 5.82. The predicted molar refractivity (Wildman–Crippen MR) is 124 cm³/mol. The van der Waals surface area contributed by atoms with Crippen LogP contribution in [0.3, 0.4) is 0 Å². The standard InChI is InChI=1S/C26H34O7/c1-18(2)13-14-20-25(3,33-20)24-23(30-4)19(15-16-26(24)17-31-26)32-22(29)12-10-8-6-5-7-9-11-21(27)28/h5-13,19-20,23-24H,14-17H2,1-4H3,(H,27,28)/b7-5+,8-6+,11-9+,12-10+/t19-,20-,23-,24+,25-,26-/m1/s1. The number of esters is 1. The van der Waals surface area contributed by atoms with Crippen molar-refractivity contribution < 1.29 is 33.6 Å². The van der Waals surface area contributed by atoms with Gasteiger partial charge in [0.15, 0.2) is 0 Å². The molecule has 0 unspecified atom stereocenters. The molecule has 0 aromatic heterocycles. The van der Waals surface area contributed by atoms with Gasteiger partial charge in [0.25, 0.3) is 0 Å². The quantitative estimate of drug-likeness (QED) is 0.174. The van der Waals surface area contributed by atoms with Gasteiger partial charge in [-0.25, -0.2) is 9.59 Å². The number of ether oxygens (including phenoxy) is 4. The molecule has 33 heavy (non-hydrogen) atoms. The highest BCUT2D eigenvalue weighted by Crippen LogP contribution is 2.59. The second-order valence-electron chi connectivity index (χ2n) is 9.18. The SMILES string of the molecule is CO[C@H]1[C@@H]([C@]2(C)O[C@@H]2CC=C(C)C)[C@@]2(CC[C@H]1OC(=O)/C=C/C=C/C=C/C=C/C(=O)O)CO2. The number of rotatable bonds is 10. The molecular formula is C26H34O7. The number of carbonyl (C=O) groups is 2. The van der Waals surface area contributed by atoms with Crippen molar-refractivity contribution in [2.24, 2.45) is 5.92 Å². The lowest BCUT2D eigenvalue weighted by molar-refractivity contribution is -0.166. The van der Waals surface area contributed by atoms with E-state index in [2.05, 4.69) is 26.8 Å². The molecule has 3 aliphatic rings. The molecule has 2 heterocycles. The van der Waals surface area contributed by atoms with Crippen LogP contribution < -0.4 is 0 Å². The van der Waals surface area contributed by atoms with E-state index in [4.69, 9.17) is 24.1 Å². The topological polar surface area (TPSA) is 97.9 Å². The van der Waals surface area contributed by atoms with E-state index in [-0.39, 0.29) is 35.4 Å². The molecule has 0 bridgehead atoms. The molecule has 2 saturated heterocycles. The molecule has 1 N–H and O–H groups in total. The number of carbonyl (C=O) groups excluding carboxylic acids is 1. The van der Waals surface area contributed by atoms with Gasteiger partial charge in [-0.05, 0) is 40.0 Å². The van der Waals surface area contributed by atoms with E-state index >= 15 is 0 Å². The molecule has 3 fully saturated rings. The number of hydrogen-bond donors (Lipinski definition) is 1. The number of allylic oxidation sites excluding steroid dienone is 7. The number of carboxylic acids is 1. The molecule has 0 radical (unpaired) electrons. The first-order valence-corrected chi connectivity index (χ1v) is 11.3. The summed E-state index contributed by atoms with van der Waals surface area (Å²) in [5.74, 6) is -1.45. The smallest absolute Gasteiger partial charge is 0.331 e. The lowest BCUT2D eigenvalue weighted by atomic mass is 9.68. The maximum Gasteiger partial charge on any atom is 0.331 e. The van der Waals surface area contributed by atoms with E-state index in [0.717, 1.165) is 18.9 Å². The third kappa shape index (κ3) is 6.31. The monoisotopic (exact) mass is 458 g/mol. The highest BCUT2D eigenvalue weighted by Gasteiger charge is 2.72. The van der Waals surface area contributed by atoms with Crippen LogP contribution >= 0.6 is 0 Å². The summed E-state index contributed by atoms with van der Waals surface area (Å²) in [6.07, 6.45) is 16.0. The first-order valence-electron chi connectivity index (χ1n) is 11.3. The Morgan fingerprint density at radius 3 is 2.30 bits per heavy atom. The minimum atomic E-state index is -1.00. The van der Waals surface area contributed by atoms with Gasteiger partial charge in [-0.2, -0.15) is 0 Å². The van der Waals surface area contributed by atoms with Crippen molar-refractivity contribution in [1.29, 1.82) is 0 Å². The summed E-state index contributed by atoms with van der Waals surface area (Å²) < 4.78 is 23.8. The average molecular weight is 459 g/mol. The maximum atomic E-state index is 12.4. The van der Waals surface area contributed by atoms with Gasteiger partial charge in [0.1, 0.15) is 23.4 Å². The third-order valence-electron chi connectivity index (χ3n) is 6.53. The second-order valence-corrected chi connectivity index (χ2v) is 9.18. The summed E-state index contributed by atoms with van der Waals surface area (Å²) in [6.45, 7) is 6.96. The van der Waals surface area contributed by atoms with Crippen molar-refractivity contribution in [1.82, 2.24) is 0 Å². The molecule has 0 amide bonds. The van der Waals surface area contributed by atoms with Crippen LogP contribution in [-0.4, -0.2) is 60.3 Å². The lowest BCUT2D eigenvalue weighted by Gasteiger charge is -2.42. The fourth-order valence-electron chi connectivity index (χ4n) is 4.79. The Hall–Kier alpha value is -2.48. The molecular weight excluding hydrogens is 424 g/mol. The van der Waals surface area contributed by atoms with Crippen LogP contribution in [0.5, 0.6) is 0 Å². The minimum Gasteiger partial charge on any atom is -0.478 e. The summed E-state index contributed by atoms with van der Waals surface area (Å²) in [7, 11) is 1.65. The van der Waals surface area contributed by atoms with Crippen LogP contribution in [-0.2, 0) is 28.5 Å². The normalized spacial score (nSPS) is 35.6. The van der Waals surface area contributed by atoms with Crippen molar-refractivity contribution in [2.45, 2.75) is 69.5 Å². The minimum absolute atomic E-state index is 0.00928. The average Bonchev–Trinajstić information content (AvgIpc) is 3.67. The predicted octanol–water partition coefficient (Wildman–Crippen LogP) is 3.92. The molecule has 0 aromatic rings. The van der Waals surface area contributed by atoms with Gasteiger partial charge in [0, 0.05) is 19.3 Å². The first kappa shape index (κ1) is 25.1. The second kappa shape index (κ2) is 10.6. The van der Waals surface area contributed by atoms with Gasteiger partial charge >= 0.3 is 11.9 Å². The molecule has 1 saturated carbocycles. The Morgan fingerprint density at radius 1 is 1.09 bits per heavy atom. The first-order chi connectivity index (χ1) is 15.7. The van der Waals surface area contributed by atoms with Gasteiger partial charge in [-0.15, -0.1) is 0 Å². The molecule has 1 spiro atoms. The van der Waals surface area contributed by atoms with Gasteiger partial charge in [0.05, 0.1) is 18.6 Å². The number of methoxy groups -OCH3 is 1. The lowest BCUT2D eigenvalue weighted by Crippen LogP contribution is -2.55. The van der Waals surface area contributed by atoms with Crippen LogP contribution in [0.15, 0.2) is 60.3 Å². The fraction of sp³-hybridized carbons (Fsp3) is 0.538. The Bertz CT molecular complexity index is 873. The van der Waals surface area contributed by atoms with Crippen LogP contribution in [0, 0.1) is 5.92 Å². The van der Waals surface area contributed by atoms with Crippen LogP contribution in [0.25, 0.3) is 0 Å². The van der Waals surface area contributed by atoms with Crippen molar-refractivity contribution >= 4 is 11.9 Å². The number of carboxylic acid groups (broad SMARTS) is 1. The molecule has 1 aliphatic carbocycles. The zero-order chi connectivity index (χ0) is 24.1. The molecule has 3 rings (SSSR count). The Balaban J connectivity index is 1.59. The van der Waals surface area contributed by atoms with Crippen molar-refractivity contribution in [2.75, 3.05) is 13.7 Å². The van der Waals surface area contributed by atoms with Crippen LogP contribution in [0.2, 0.25) is 0 Å². The Labute approximate surface area is 195 Å². The number of hydrogen-bond acceptors (Lipinski definition) is 6. The zero-order valence-electron chi connectivity index (χ0n) is 19.7. The Kier molecular flexibility index (Phi) is 8.10. The van der Waals surface area contributed by atoms with E-state index in [9.17, 15) is 9.59 Å².